The van der Waals surface area contributed by atoms with Crippen molar-refractivity contribution in [2.45, 2.75) is 19.9 Å². The van der Waals surface area contributed by atoms with Gasteiger partial charge in [-0.2, -0.15) is 0 Å². The van der Waals surface area contributed by atoms with E-state index in [0.717, 1.165) is 35.2 Å². The summed E-state index contributed by atoms with van der Waals surface area (Å²) in [5, 5.41) is 3.29. The van der Waals surface area contributed by atoms with Crippen LogP contribution in [0.3, 0.4) is 0 Å². The van der Waals surface area contributed by atoms with E-state index in [9.17, 15) is 4.79 Å². The smallest absolute Gasteiger partial charge is 0.254 e. The van der Waals surface area contributed by atoms with Crippen LogP contribution in [-0.2, 0) is 0 Å². The molecule has 1 aromatic carbocycles. The van der Waals surface area contributed by atoms with Crippen LogP contribution in [0.5, 0.6) is 0 Å². The summed E-state index contributed by atoms with van der Waals surface area (Å²) in [4.78, 5) is 14.3. The van der Waals surface area contributed by atoms with Gasteiger partial charge in [0, 0.05) is 35.7 Å². The quantitative estimate of drug-likeness (QED) is 0.862. The van der Waals surface area contributed by atoms with Gasteiger partial charge in [-0.05, 0) is 31.5 Å². The highest BCUT2D eigenvalue weighted by molar-refractivity contribution is 9.10. The molecule has 1 heterocycles. The first-order valence-corrected chi connectivity index (χ1v) is 6.66. The molecule has 2 rings (SSSR count). The molecule has 1 aromatic rings. The molecular weight excluding hydrogens is 280 g/mol. The van der Waals surface area contributed by atoms with Crippen LogP contribution in [0, 0.1) is 6.92 Å². The normalized spacial score (nSPS) is 20.4. The average molecular weight is 297 g/mol. The van der Waals surface area contributed by atoms with E-state index in [4.69, 9.17) is 0 Å². The van der Waals surface area contributed by atoms with Crippen molar-refractivity contribution in [2.24, 2.45) is 0 Å². The molecule has 1 N–H and O–H groups in total. The molecule has 1 saturated heterocycles. The molecule has 0 radical (unpaired) electrons. The lowest BCUT2D eigenvalue weighted by molar-refractivity contribution is 0.0655. The number of amides is 1. The molecule has 0 bridgehead atoms. The number of nitrogens with zero attached hydrogens (tertiary/aromatic N) is 1. The molecule has 1 amide bonds. The Bertz CT molecular complexity index is 433. The molecule has 1 atom stereocenters. The van der Waals surface area contributed by atoms with E-state index in [1.807, 2.05) is 30.0 Å². The van der Waals surface area contributed by atoms with Crippen LogP contribution >= 0.6 is 15.9 Å². The lowest BCUT2D eigenvalue weighted by atomic mass is 10.1. The highest BCUT2D eigenvalue weighted by Crippen LogP contribution is 2.19. The van der Waals surface area contributed by atoms with Crippen LogP contribution < -0.4 is 5.32 Å². The Kier molecular flexibility index (Phi) is 3.84. The van der Waals surface area contributed by atoms with E-state index in [1.54, 1.807) is 0 Å². The van der Waals surface area contributed by atoms with E-state index < -0.39 is 0 Å². The predicted octanol–water partition coefficient (Wildman–Crippen LogP) is 2.19. The van der Waals surface area contributed by atoms with Gasteiger partial charge in [-0.15, -0.1) is 0 Å². The summed E-state index contributed by atoms with van der Waals surface area (Å²) in [6.45, 7) is 6.63. The number of benzene rings is 1. The van der Waals surface area contributed by atoms with Gasteiger partial charge in [0.2, 0.25) is 0 Å². The van der Waals surface area contributed by atoms with Crippen LogP contribution in [0.4, 0.5) is 0 Å². The first-order valence-electron chi connectivity index (χ1n) is 5.87. The first kappa shape index (κ1) is 12.6. The standard InChI is InChI=1S/C13H17BrN2O/c1-9-3-4-11(7-12(9)14)13(17)16-6-5-15-8-10(16)2/h3-4,7,10,15H,5-6,8H2,1-2H3/t10-/m0/s1. The van der Waals surface area contributed by atoms with Crippen LogP contribution in [0.25, 0.3) is 0 Å². The fourth-order valence-electron chi connectivity index (χ4n) is 2.03. The number of hydrogen-bond acceptors (Lipinski definition) is 2. The fraction of sp³-hybridized carbons (Fsp3) is 0.462. The van der Waals surface area contributed by atoms with Gasteiger partial charge in [0.05, 0.1) is 0 Å². The third-order valence-electron chi connectivity index (χ3n) is 3.18. The van der Waals surface area contributed by atoms with Crippen molar-refractivity contribution >= 4 is 21.8 Å². The molecule has 0 spiro atoms. The third-order valence-corrected chi connectivity index (χ3v) is 4.04. The zero-order chi connectivity index (χ0) is 12.4. The number of nitrogens with one attached hydrogen (secondary N) is 1. The molecule has 1 fully saturated rings. The lowest BCUT2D eigenvalue weighted by Gasteiger charge is -2.34. The second-order valence-corrected chi connectivity index (χ2v) is 5.37. The Hall–Kier alpha value is -0.870. The summed E-state index contributed by atoms with van der Waals surface area (Å²) >= 11 is 3.47. The molecule has 17 heavy (non-hydrogen) atoms. The predicted molar refractivity (Wildman–Crippen MR) is 72.2 cm³/mol. The van der Waals surface area contributed by atoms with Gasteiger partial charge in [-0.3, -0.25) is 4.79 Å². The van der Waals surface area contributed by atoms with E-state index in [-0.39, 0.29) is 11.9 Å². The maximum absolute atomic E-state index is 12.4. The SMILES string of the molecule is Cc1ccc(C(=O)N2CCNC[C@@H]2C)cc1Br. The summed E-state index contributed by atoms with van der Waals surface area (Å²) in [7, 11) is 0. The van der Waals surface area contributed by atoms with Crippen molar-refractivity contribution in [3.63, 3.8) is 0 Å². The molecular formula is C13H17BrN2O. The Morgan fingerprint density at radius 2 is 2.29 bits per heavy atom. The van der Waals surface area contributed by atoms with Crippen molar-refractivity contribution < 1.29 is 4.79 Å². The molecule has 4 heteroatoms. The first-order chi connectivity index (χ1) is 8.09. The van der Waals surface area contributed by atoms with Gasteiger partial charge in [0.25, 0.3) is 5.91 Å². The molecule has 0 unspecified atom stereocenters. The largest absolute Gasteiger partial charge is 0.333 e. The molecule has 0 aromatic heterocycles. The van der Waals surface area contributed by atoms with Crippen molar-refractivity contribution in [2.75, 3.05) is 19.6 Å². The Balaban J connectivity index is 2.21. The molecule has 0 saturated carbocycles. The molecule has 0 aliphatic carbocycles. The van der Waals surface area contributed by atoms with Gasteiger partial charge in [0.15, 0.2) is 0 Å². The average Bonchev–Trinajstić information content (AvgIpc) is 2.32. The number of carbonyl (C=O) groups is 1. The van der Waals surface area contributed by atoms with Crippen LogP contribution in [0.2, 0.25) is 0 Å². The second-order valence-electron chi connectivity index (χ2n) is 4.52. The van der Waals surface area contributed by atoms with Crippen LogP contribution in [0.1, 0.15) is 22.8 Å². The lowest BCUT2D eigenvalue weighted by Crippen LogP contribution is -2.52. The maximum Gasteiger partial charge on any atom is 0.254 e. The number of hydrogen-bond donors (Lipinski definition) is 1. The van der Waals surface area contributed by atoms with Gasteiger partial charge < -0.3 is 10.2 Å². The van der Waals surface area contributed by atoms with Gasteiger partial charge in [0.1, 0.15) is 0 Å². The van der Waals surface area contributed by atoms with E-state index >= 15 is 0 Å². The Labute approximate surface area is 110 Å². The van der Waals surface area contributed by atoms with E-state index in [0.29, 0.717) is 0 Å². The number of halogens is 1. The minimum absolute atomic E-state index is 0.125. The summed E-state index contributed by atoms with van der Waals surface area (Å²) < 4.78 is 0.992. The number of carbonyl (C=O) groups excluding carboxylic acids is 1. The Morgan fingerprint density at radius 1 is 1.53 bits per heavy atom. The van der Waals surface area contributed by atoms with Gasteiger partial charge in [-0.25, -0.2) is 0 Å². The van der Waals surface area contributed by atoms with Gasteiger partial charge >= 0.3 is 0 Å². The monoisotopic (exact) mass is 296 g/mol. The summed E-state index contributed by atoms with van der Waals surface area (Å²) in [5.74, 6) is 0.125. The number of rotatable bonds is 1. The molecule has 1 aliphatic heterocycles. The third kappa shape index (κ3) is 2.69. The second kappa shape index (κ2) is 5.19. The van der Waals surface area contributed by atoms with Crippen molar-refractivity contribution in [1.82, 2.24) is 10.2 Å². The number of piperazine rings is 1. The van der Waals surface area contributed by atoms with Gasteiger partial charge in [-0.1, -0.05) is 22.0 Å². The number of aryl methyl sites for hydroxylation is 1. The Morgan fingerprint density at radius 3 is 2.94 bits per heavy atom. The molecule has 3 nitrogen and oxygen atoms in total. The highest BCUT2D eigenvalue weighted by atomic mass is 79.9. The van der Waals surface area contributed by atoms with E-state index in [2.05, 4.69) is 28.2 Å². The van der Waals surface area contributed by atoms with Crippen LogP contribution in [0.15, 0.2) is 22.7 Å². The highest BCUT2D eigenvalue weighted by Gasteiger charge is 2.24. The van der Waals surface area contributed by atoms with Crippen molar-refractivity contribution in [1.29, 1.82) is 0 Å². The van der Waals surface area contributed by atoms with E-state index in [1.165, 1.54) is 0 Å². The maximum atomic E-state index is 12.4. The minimum Gasteiger partial charge on any atom is -0.333 e. The van der Waals surface area contributed by atoms with Crippen LogP contribution in [-0.4, -0.2) is 36.5 Å². The summed E-state index contributed by atoms with van der Waals surface area (Å²) in [6, 6.07) is 6.05. The topological polar surface area (TPSA) is 32.3 Å². The fourth-order valence-corrected chi connectivity index (χ4v) is 2.41. The summed E-state index contributed by atoms with van der Waals surface area (Å²) in [6.07, 6.45) is 0. The minimum atomic E-state index is 0.125. The zero-order valence-electron chi connectivity index (χ0n) is 10.2. The summed E-state index contributed by atoms with van der Waals surface area (Å²) in [5.41, 5.74) is 1.91. The van der Waals surface area contributed by atoms with Crippen molar-refractivity contribution in [3.8, 4) is 0 Å². The zero-order valence-corrected chi connectivity index (χ0v) is 11.8. The molecule has 1 aliphatic rings. The molecule has 92 valence electrons. The van der Waals surface area contributed by atoms with Crippen molar-refractivity contribution in [3.05, 3.63) is 33.8 Å².